The molecule has 0 aliphatic carbocycles. The smallest absolute Gasteiger partial charge is 0.244 e. The number of hydrogen-bond acceptors (Lipinski definition) is 3. The monoisotopic (exact) mass is 309 g/mol. The van der Waals surface area contributed by atoms with Crippen LogP contribution in [0, 0.1) is 13.8 Å². The lowest BCUT2D eigenvalue weighted by atomic mass is 10.3. The molecule has 1 amide bonds. The predicted octanol–water partition coefficient (Wildman–Crippen LogP) is 3.08. The lowest BCUT2D eigenvalue weighted by Crippen LogP contribution is -2.25. The van der Waals surface area contributed by atoms with Gasteiger partial charge in [-0.3, -0.25) is 4.79 Å². The zero-order chi connectivity index (χ0) is 16.2. The number of nitrogens with zero attached hydrogens (tertiary/aromatic N) is 2. The highest BCUT2D eigenvalue weighted by Gasteiger charge is 2.06. The van der Waals surface area contributed by atoms with Crippen molar-refractivity contribution < 1.29 is 9.21 Å². The molecule has 1 N–H and O–H groups in total. The molecule has 2 aromatic heterocycles. The van der Waals surface area contributed by atoms with E-state index in [1.807, 2.05) is 50.2 Å². The molecule has 0 fully saturated rings. The van der Waals surface area contributed by atoms with Gasteiger partial charge >= 0.3 is 0 Å². The minimum atomic E-state index is -0.138. The second-order valence-corrected chi connectivity index (χ2v) is 5.37. The van der Waals surface area contributed by atoms with Crippen LogP contribution in [0.5, 0.6) is 0 Å². The van der Waals surface area contributed by atoms with Crippen LogP contribution >= 0.6 is 0 Å². The van der Waals surface area contributed by atoms with Gasteiger partial charge < -0.3 is 14.3 Å². The second-order valence-electron chi connectivity index (χ2n) is 5.37. The van der Waals surface area contributed by atoms with Crippen LogP contribution < -0.4 is 5.32 Å². The third-order valence-electron chi connectivity index (χ3n) is 3.64. The summed E-state index contributed by atoms with van der Waals surface area (Å²) in [5.41, 5.74) is 2.06. The Morgan fingerprint density at radius 1 is 1.26 bits per heavy atom. The molecule has 3 rings (SSSR count). The number of carbonyl (C=O) groups excluding carboxylic acids is 1. The largest absolute Gasteiger partial charge is 0.462 e. The number of fused-ring (bicyclic) bond motifs is 1. The highest BCUT2D eigenvalue weighted by molar-refractivity contribution is 5.91. The van der Waals surface area contributed by atoms with Gasteiger partial charge in [-0.2, -0.15) is 0 Å². The maximum Gasteiger partial charge on any atom is 0.244 e. The Hall–Kier alpha value is -2.82. The van der Waals surface area contributed by atoms with E-state index in [0.717, 1.165) is 22.6 Å². The van der Waals surface area contributed by atoms with Crippen molar-refractivity contribution in [2.75, 3.05) is 6.54 Å². The molecule has 0 bridgehead atoms. The Kier molecular flexibility index (Phi) is 4.28. The average molecular weight is 309 g/mol. The van der Waals surface area contributed by atoms with Gasteiger partial charge in [-0.25, -0.2) is 4.98 Å². The maximum atomic E-state index is 11.8. The zero-order valence-electron chi connectivity index (χ0n) is 13.2. The van der Waals surface area contributed by atoms with Crippen molar-refractivity contribution in [3.8, 4) is 0 Å². The zero-order valence-corrected chi connectivity index (χ0v) is 13.2. The summed E-state index contributed by atoms with van der Waals surface area (Å²) in [7, 11) is 0. The number of imidazole rings is 1. The fourth-order valence-electron chi connectivity index (χ4n) is 2.53. The molecule has 5 heteroatoms. The van der Waals surface area contributed by atoms with Crippen LogP contribution in [0.3, 0.4) is 0 Å². The molecule has 0 aliphatic rings. The molecule has 0 spiro atoms. The highest BCUT2D eigenvalue weighted by Crippen LogP contribution is 2.14. The molecule has 0 unspecified atom stereocenters. The van der Waals surface area contributed by atoms with Crippen LogP contribution in [0.15, 0.2) is 46.9 Å². The molecule has 118 valence electrons. The summed E-state index contributed by atoms with van der Waals surface area (Å²) >= 11 is 0. The van der Waals surface area contributed by atoms with Crippen molar-refractivity contribution in [1.29, 1.82) is 0 Å². The van der Waals surface area contributed by atoms with E-state index in [1.54, 1.807) is 6.08 Å². The second kappa shape index (κ2) is 6.52. The molecule has 0 saturated heterocycles. The Bertz CT molecular complexity index is 858. The van der Waals surface area contributed by atoms with E-state index in [0.29, 0.717) is 18.8 Å². The first kappa shape index (κ1) is 15.1. The number of rotatable bonds is 5. The van der Waals surface area contributed by atoms with Gasteiger partial charge in [0.2, 0.25) is 5.91 Å². The summed E-state index contributed by atoms with van der Waals surface area (Å²) in [5, 5.41) is 2.87. The number of nitrogens with one attached hydrogen (secondary N) is 1. The predicted molar refractivity (Wildman–Crippen MR) is 90.0 cm³/mol. The summed E-state index contributed by atoms with van der Waals surface area (Å²) in [6.07, 6.45) is 3.15. The number of carbonyl (C=O) groups is 1. The normalized spacial score (nSPS) is 11.4. The third-order valence-corrected chi connectivity index (χ3v) is 3.64. The molecular formula is C18H19N3O2. The van der Waals surface area contributed by atoms with Crippen LogP contribution in [-0.4, -0.2) is 22.0 Å². The van der Waals surface area contributed by atoms with E-state index in [-0.39, 0.29) is 5.91 Å². The topological polar surface area (TPSA) is 60.1 Å². The van der Waals surface area contributed by atoms with E-state index in [1.165, 1.54) is 6.08 Å². The van der Waals surface area contributed by atoms with Gasteiger partial charge in [-0.15, -0.1) is 0 Å². The van der Waals surface area contributed by atoms with Crippen LogP contribution in [0.2, 0.25) is 0 Å². The standard InChI is InChI=1S/C18H19N3O2/c1-13-7-8-15(23-13)9-10-18(22)19-11-12-21-14(2)20-16-5-3-4-6-17(16)21/h3-10H,11-12H2,1-2H3,(H,19,22)/b10-9+. The highest BCUT2D eigenvalue weighted by atomic mass is 16.3. The summed E-state index contributed by atoms with van der Waals surface area (Å²) < 4.78 is 7.49. The summed E-state index contributed by atoms with van der Waals surface area (Å²) in [6.45, 7) is 5.07. The van der Waals surface area contributed by atoms with Crippen LogP contribution in [0.4, 0.5) is 0 Å². The van der Waals surface area contributed by atoms with Gasteiger partial charge in [-0.1, -0.05) is 12.1 Å². The molecule has 1 aromatic carbocycles. The Morgan fingerprint density at radius 3 is 2.87 bits per heavy atom. The number of para-hydroxylation sites is 2. The molecule has 2 heterocycles. The van der Waals surface area contributed by atoms with Crippen LogP contribution in [0.1, 0.15) is 17.3 Å². The van der Waals surface area contributed by atoms with E-state index >= 15 is 0 Å². The van der Waals surface area contributed by atoms with Crippen LogP contribution in [0.25, 0.3) is 17.1 Å². The Morgan fingerprint density at radius 2 is 2.09 bits per heavy atom. The molecule has 0 radical (unpaired) electrons. The first-order valence-electron chi connectivity index (χ1n) is 7.58. The van der Waals surface area contributed by atoms with Crippen molar-refractivity contribution in [3.05, 3.63) is 59.8 Å². The van der Waals surface area contributed by atoms with E-state index in [4.69, 9.17) is 4.42 Å². The summed E-state index contributed by atoms with van der Waals surface area (Å²) in [5.74, 6) is 2.31. The van der Waals surface area contributed by atoms with Crippen molar-refractivity contribution in [2.24, 2.45) is 0 Å². The lowest BCUT2D eigenvalue weighted by Gasteiger charge is -2.07. The molecule has 23 heavy (non-hydrogen) atoms. The summed E-state index contributed by atoms with van der Waals surface area (Å²) in [6, 6.07) is 11.7. The molecule has 5 nitrogen and oxygen atoms in total. The first-order valence-corrected chi connectivity index (χ1v) is 7.58. The fourth-order valence-corrected chi connectivity index (χ4v) is 2.53. The molecule has 0 atom stereocenters. The van der Waals surface area contributed by atoms with Gasteiger partial charge in [-0.05, 0) is 44.2 Å². The molecule has 0 aliphatic heterocycles. The molecular weight excluding hydrogens is 290 g/mol. The third kappa shape index (κ3) is 3.51. The van der Waals surface area contributed by atoms with E-state index in [2.05, 4.69) is 14.9 Å². The summed E-state index contributed by atoms with van der Waals surface area (Å²) in [4.78, 5) is 16.3. The van der Waals surface area contributed by atoms with Crippen LogP contribution in [-0.2, 0) is 11.3 Å². The van der Waals surface area contributed by atoms with Crippen molar-refractivity contribution >= 4 is 23.0 Å². The van der Waals surface area contributed by atoms with Gasteiger partial charge in [0.1, 0.15) is 17.3 Å². The molecule has 0 saturated carbocycles. The Labute approximate surface area is 134 Å². The quantitative estimate of drug-likeness (QED) is 0.737. The number of furan rings is 1. The minimum absolute atomic E-state index is 0.138. The van der Waals surface area contributed by atoms with Crippen molar-refractivity contribution in [2.45, 2.75) is 20.4 Å². The van der Waals surface area contributed by atoms with Gasteiger partial charge in [0.05, 0.1) is 11.0 Å². The number of amides is 1. The minimum Gasteiger partial charge on any atom is -0.462 e. The first-order chi connectivity index (χ1) is 11.1. The number of hydrogen-bond donors (Lipinski definition) is 1. The lowest BCUT2D eigenvalue weighted by molar-refractivity contribution is -0.116. The molecule has 3 aromatic rings. The van der Waals surface area contributed by atoms with Crippen molar-refractivity contribution in [1.82, 2.24) is 14.9 Å². The maximum absolute atomic E-state index is 11.8. The average Bonchev–Trinajstić information content (AvgIpc) is 3.09. The van der Waals surface area contributed by atoms with Gasteiger partial charge in [0.25, 0.3) is 0 Å². The number of aryl methyl sites for hydroxylation is 2. The van der Waals surface area contributed by atoms with Crippen molar-refractivity contribution in [3.63, 3.8) is 0 Å². The fraction of sp³-hybridized carbons (Fsp3) is 0.222. The van der Waals surface area contributed by atoms with E-state index < -0.39 is 0 Å². The van der Waals surface area contributed by atoms with Gasteiger partial charge in [0.15, 0.2) is 0 Å². The van der Waals surface area contributed by atoms with Gasteiger partial charge in [0, 0.05) is 19.2 Å². The number of benzene rings is 1. The number of aromatic nitrogens is 2. The SMILES string of the molecule is Cc1ccc(/C=C/C(=O)NCCn2c(C)nc3ccccc32)o1. The Balaban J connectivity index is 1.57. The van der Waals surface area contributed by atoms with E-state index in [9.17, 15) is 4.79 Å².